The van der Waals surface area contributed by atoms with E-state index in [1.807, 2.05) is 6.07 Å². The molecule has 0 fully saturated rings. The van der Waals surface area contributed by atoms with E-state index in [-0.39, 0.29) is 18.0 Å². The van der Waals surface area contributed by atoms with Crippen molar-refractivity contribution in [2.75, 3.05) is 6.61 Å². The molecule has 0 unspecified atom stereocenters. The van der Waals surface area contributed by atoms with E-state index in [1.54, 1.807) is 13.8 Å². The summed E-state index contributed by atoms with van der Waals surface area (Å²) in [5.74, 6) is 0.0626. The van der Waals surface area contributed by atoms with Gasteiger partial charge >= 0.3 is 5.69 Å². The van der Waals surface area contributed by atoms with Gasteiger partial charge in [0.05, 0.1) is 16.6 Å². The highest BCUT2D eigenvalue weighted by Gasteiger charge is 2.19. The lowest BCUT2D eigenvalue weighted by Gasteiger charge is -2.18. The van der Waals surface area contributed by atoms with Gasteiger partial charge in [-0.3, -0.25) is 10.1 Å². The minimum atomic E-state index is -0.601. The number of ether oxygens (including phenoxy) is 1. The van der Waals surface area contributed by atoms with Crippen LogP contribution in [0.5, 0.6) is 5.75 Å². The fourth-order valence-corrected chi connectivity index (χ4v) is 1.11. The van der Waals surface area contributed by atoms with E-state index in [4.69, 9.17) is 15.7 Å². The second-order valence-corrected chi connectivity index (χ2v) is 4.33. The van der Waals surface area contributed by atoms with Crippen LogP contribution in [0.4, 0.5) is 5.69 Å². The molecule has 0 aliphatic heterocycles. The molecule has 0 aliphatic carbocycles. The highest BCUT2D eigenvalue weighted by Crippen LogP contribution is 2.28. The number of nitro benzene ring substituents is 1. The Balaban J connectivity index is 3.02. The summed E-state index contributed by atoms with van der Waals surface area (Å²) in [5.41, 5.74) is 5.25. The van der Waals surface area contributed by atoms with Gasteiger partial charge in [0.25, 0.3) is 0 Å². The third-order valence-corrected chi connectivity index (χ3v) is 1.89. The van der Waals surface area contributed by atoms with E-state index < -0.39 is 10.5 Å². The number of nitrogens with two attached hydrogens (primary N) is 1. The molecule has 2 N–H and O–H groups in total. The van der Waals surface area contributed by atoms with Gasteiger partial charge in [-0.1, -0.05) is 0 Å². The van der Waals surface area contributed by atoms with Crippen molar-refractivity contribution in [1.82, 2.24) is 0 Å². The number of hydrogen-bond donors (Lipinski definition) is 1. The van der Waals surface area contributed by atoms with Gasteiger partial charge < -0.3 is 10.5 Å². The van der Waals surface area contributed by atoms with Crippen molar-refractivity contribution in [2.24, 2.45) is 5.73 Å². The molecule has 6 nitrogen and oxygen atoms in total. The summed E-state index contributed by atoms with van der Waals surface area (Å²) in [5, 5.41) is 19.5. The molecule has 1 aromatic rings. The van der Waals surface area contributed by atoms with Gasteiger partial charge in [0.15, 0.2) is 5.75 Å². The van der Waals surface area contributed by atoms with E-state index in [0.29, 0.717) is 5.56 Å². The maximum absolute atomic E-state index is 10.8. The molecule has 0 radical (unpaired) electrons. The molecule has 0 saturated heterocycles. The Hall–Kier alpha value is -2.13. The van der Waals surface area contributed by atoms with Crippen LogP contribution in [0.2, 0.25) is 0 Å². The highest BCUT2D eigenvalue weighted by molar-refractivity contribution is 5.51. The Morgan fingerprint density at radius 1 is 1.59 bits per heavy atom. The van der Waals surface area contributed by atoms with Crippen molar-refractivity contribution in [1.29, 1.82) is 5.26 Å². The third-order valence-electron chi connectivity index (χ3n) is 1.89. The van der Waals surface area contributed by atoms with Gasteiger partial charge in [0.1, 0.15) is 6.61 Å². The van der Waals surface area contributed by atoms with Gasteiger partial charge in [-0.15, -0.1) is 0 Å². The zero-order valence-electron chi connectivity index (χ0n) is 9.64. The van der Waals surface area contributed by atoms with Crippen molar-refractivity contribution in [3.63, 3.8) is 0 Å². The van der Waals surface area contributed by atoms with Crippen LogP contribution < -0.4 is 10.5 Å². The first-order chi connectivity index (χ1) is 7.83. The van der Waals surface area contributed by atoms with Crippen LogP contribution in [0.25, 0.3) is 0 Å². The van der Waals surface area contributed by atoms with Crippen molar-refractivity contribution in [2.45, 2.75) is 19.4 Å². The summed E-state index contributed by atoms with van der Waals surface area (Å²) in [6.45, 7) is 3.61. The molecule has 1 aromatic carbocycles. The van der Waals surface area contributed by atoms with Crippen molar-refractivity contribution in [3.8, 4) is 11.8 Å². The van der Waals surface area contributed by atoms with Crippen LogP contribution in [0.1, 0.15) is 19.4 Å². The molecule has 90 valence electrons. The SMILES string of the molecule is CC(C)(N)COc1cc(C#N)ccc1[N+](=O)[O-]. The number of hydrogen-bond acceptors (Lipinski definition) is 5. The van der Waals surface area contributed by atoms with E-state index in [9.17, 15) is 10.1 Å². The van der Waals surface area contributed by atoms with Crippen molar-refractivity contribution >= 4 is 5.69 Å². The third kappa shape index (κ3) is 3.74. The molecule has 0 atom stereocenters. The predicted molar refractivity (Wildman–Crippen MR) is 61.6 cm³/mol. The monoisotopic (exact) mass is 235 g/mol. The average Bonchev–Trinajstić information content (AvgIpc) is 2.24. The summed E-state index contributed by atoms with van der Waals surface area (Å²) < 4.78 is 5.29. The van der Waals surface area contributed by atoms with Gasteiger partial charge in [-0.2, -0.15) is 5.26 Å². The lowest BCUT2D eigenvalue weighted by atomic mass is 10.1. The molecule has 0 aromatic heterocycles. The Labute approximate surface area is 98.8 Å². The van der Waals surface area contributed by atoms with E-state index in [0.717, 1.165) is 0 Å². The first kappa shape index (κ1) is 12.9. The summed E-state index contributed by atoms with van der Waals surface area (Å²) in [6, 6.07) is 5.85. The summed E-state index contributed by atoms with van der Waals surface area (Å²) >= 11 is 0. The first-order valence-electron chi connectivity index (χ1n) is 4.94. The minimum Gasteiger partial charge on any atom is -0.485 e. The molecule has 0 saturated carbocycles. The van der Waals surface area contributed by atoms with Crippen LogP contribution in [-0.2, 0) is 0 Å². The zero-order chi connectivity index (χ0) is 13.1. The summed E-state index contributed by atoms with van der Waals surface area (Å²) in [4.78, 5) is 10.2. The zero-order valence-corrected chi connectivity index (χ0v) is 9.64. The Morgan fingerprint density at radius 2 is 2.24 bits per heavy atom. The van der Waals surface area contributed by atoms with E-state index in [1.165, 1.54) is 18.2 Å². The molecule has 0 bridgehead atoms. The number of rotatable bonds is 4. The van der Waals surface area contributed by atoms with Crippen LogP contribution in [0.3, 0.4) is 0 Å². The summed E-state index contributed by atoms with van der Waals surface area (Å²) in [7, 11) is 0. The Bertz CT molecular complexity index is 472. The van der Waals surface area contributed by atoms with Crippen LogP contribution in [0, 0.1) is 21.4 Å². The molecular formula is C11H13N3O3. The molecule has 1 rings (SSSR count). The number of nitrogens with zero attached hydrogens (tertiary/aromatic N) is 2. The fourth-order valence-electron chi connectivity index (χ4n) is 1.11. The summed E-state index contributed by atoms with van der Waals surface area (Å²) in [6.07, 6.45) is 0. The maximum atomic E-state index is 10.8. The molecule has 17 heavy (non-hydrogen) atoms. The Kier molecular flexibility index (Phi) is 3.66. The molecule has 0 amide bonds. The number of nitro groups is 1. The van der Waals surface area contributed by atoms with Gasteiger partial charge in [-0.05, 0) is 19.9 Å². The second kappa shape index (κ2) is 4.80. The molecule has 0 spiro atoms. The van der Waals surface area contributed by atoms with Gasteiger partial charge in [-0.25, -0.2) is 0 Å². The van der Waals surface area contributed by atoms with Gasteiger partial charge in [0, 0.05) is 17.7 Å². The van der Waals surface area contributed by atoms with Crippen LogP contribution in [0.15, 0.2) is 18.2 Å². The minimum absolute atomic E-state index is 0.0626. The normalized spacial score (nSPS) is 10.7. The van der Waals surface area contributed by atoms with E-state index in [2.05, 4.69) is 0 Å². The molecule has 0 aliphatic rings. The maximum Gasteiger partial charge on any atom is 0.311 e. The van der Waals surface area contributed by atoms with Crippen molar-refractivity contribution < 1.29 is 9.66 Å². The topological polar surface area (TPSA) is 102 Å². The van der Waals surface area contributed by atoms with Gasteiger partial charge in [0.2, 0.25) is 0 Å². The lowest BCUT2D eigenvalue weighted by molar-refractivity contribution is -0.385. The Morgan fingerprint density at radius 3 is 2.71 bits per heavy atom. The average molecular weight is 235 g/mol. The smallest absolute Gasteiger partial charge is 0.311 e. The molecule has 0 heterocycles. The predicted octanol–water partition coefficient (Wildman–Crippen LogP) is 1.58. The lowest BCUT2D eigenvalue weighted by Crippen LogP contribution is -2.38. The number of benzene rings is 1. The highest BCUT2D eigenvalue weighted by atomic mass is 16.6. The second-order valence-electron chi connectivity index (χ2n) is 4.33. The van der Waals surface area contributed by atoms with E-state index >= 15 is 0 Å². The number of nitriles is 1. The fraction of sp³-hybridized carbons (Fsp3) is 0.364. The van der Waals surface area contributed by atoms with Crippen molar-refractivity contribution in [3.05, 3.63) is 33.9 Å². The van der Waals surface area contributed by atoms with Crippen LogP contribution >= 0.6 is 0 Å². The first-order valence-corrected chi connectivity index (χ1v) is 4.94. The van der Waals surface area contributed by atoms with Crippen LogP contribution in [-0.4, -0.2) is 17.1 Å². The standard InChI is InChI=1S/C11H13N3O3/c1-11(2,13)7-17-10-5-8(6-12)3-4-9(10)14(15)16/h3-5H,7,13H2,1-2H3. The largest absolute Gasteiger partial charge is 0.485 e. The quantitative estimate of drug-likeness (QED) is 0.630. The molecule has 6 heteroatoms. The molecular weight excluding hydrogens is 222 g/mol.